The Morgan fingerprint density at radius 3 is 2.25 bits per heavy atom. The van der Waals surface area contributed by atoms with Crippen molar-refractivity contribution < 1.29 is 19.1 Å². The second-order valence-corrected chi connectivity index (χ2v) is 6.81. The summed E-state index contributed by atoms with van der Waals surface area (Å²) in [5, 5.41) is 3.15. The first-order valence-electron chi connectivity index (χ1n) is 9.36. The van der Waals surface area contributed by atoms with Gasteiger partial charge in [-0.15, -0.1) is 0 Å². The second-order valence-electron chi connectivity index (χ2n) is 6.81. The Morgan fingerprint density at radius 2 is 1.61 bits per heavy atom. The number of nitrogens with zero attached hydrogens (tertiary/aromatic N) is 2. The molecular formula is C21H23N3O4. The van der Waals surface area contributed by atoms with Crippen LogP contribution in [0.5, 0.6) is 5.75 Å². The number of benzene rings is 2. The molecule has 2 fully saturated rings. The van der Waals surface area contributed by atoms with Crippen LogP contribution in [0.4, 0.5) is 17.1 Å². The number of hydrogen-bond acceptors (Lipinski definition) is 6. The fourth-order valence-corrected chi connectivity index (χ4v) is 3.54. The van der Waals surface area contributed by atoms with Crippen molar-refractivity contribution in [2.75, 3.05) is 48.5 Å². The minimum atomic E-state index is -0.570. The quantitative estimate of drug-likeness (QED) is 0.802. The number of carbonyl (C=O) groups is 2. The van der Waals surface area contributed by atoms with E-state index in [9.17, 15) is 9.59 Å². The first kappa shape index (κ1) is 18.3. The molecule has 0 unspecified atom stereocenters. The summed E-state index contributed by atoms with van der Waals surface area (Å²) in [5.41, 5.74) is 2.45. The van der Waals surface area contributed by atoms with Crippen LogP contribution < -0.4 is 19.9 Å². The van der Waals surface area contributed by atoms with E-state index in [4.69, 9.17) is 9.47 Å². The molecule has 0 aliphatic carbocycles. The van der Waals surface area contributed by atoms with Gasteiger partial charge in [0.2, 0.25) is 5.91 Å². The highest BCUT2D eigenvalue weighted by molar-refractivity contribution is 6.23. The van der Waals surface area contributed by atoms with Gasteiger partial charge in [0.15, 0.2) is 0 Å². The Kier molecular flexibility index (Phi) is 5.16. The van der Waals surface area contributed by atoms with E-state index in [1.165, 1.54) is 4.90 Å². The van der Waals surface area contributed by atoms with Crippen LogP contribution in [0, 0.1) is 0 Å². The van der Waals surface area contributed by atoms with Gasteiger partial charge in [-0.25, -0.2) is 4.90 Å². The van der Waals surface area contributed by atoms with Crippen LogP contribution in [0.3, 0.4) is 0 Å². The number of methoxy groups -OCH3 is 1. The van der Waals surface area contributed by atoms with E-state index in [0.29, 0.717) is 18.9 Å². The van der Waals surface area contributed by atoms with Crippen molar-refractivity contribution >= 4 is 28.9 Å². The summed E-state index contributed by atoms with van der Waals surface area (Å²) in [4.78, 5) is 28.8. The third-order valence-corrected chi connectivity index (χ3v) is 5.06. The molecule has 2 aliphatic rings. The number of nitrogens with one attached hydrogen (secondary N) is 1. The minimum Gasteiger partial charge on any atom is -0.497 e. The predicted molar refractivity (Wildman–Crippen MR) is 107 cm³/mol. The molecule has 2 aromatic carbocycles. The number of hydrogen-bond donors (Lipinski definition) is 1. The lowest BCUT2D eigenvalue weighted by Crippen LogP contribution is -2.36. The number of anilines is 3. The van der Waals surface area contributed by atoms with Crippen molar-refractivity contribution in [3.05, 3.63) is 48.5 Å². The molecule has 4 rings (SSSR count). The molecule has 2 amide bonds. The van der Waals surface area contributed by atoms with Gasteiger partial charge in [0.05, 0.1) is 32.4 Å². The molecule has 0 spiro atoms. The molecule has 2 aliphatic heterocycles. The highest BCUT2D eigenvalue weighted by Gasteiger charge is 2.39. The highest BCUT2D eigenvalue weighted by atomic mass is 16.5. The average Bonchev–Trinajstić information content (AvgIpc) is 3.02. The molecule has 2 heterocycles. The van der Waals surface area contributed by atoms with Crippen LogP contribution in [0.25, 0.3) is 0 Å². The first-order valence-corrected chi connectivity index (χ1v) is 9.36. The van der Waals surface area contributed by atoms with Crippen LogP contribution in [-0.4, -0.2) is 51.3 Å². The van der Waals surface area contributed by atoms with Gasteiger partial charge in [0.25, 0.3) is 5.91 Å². The number of ether oxygens (including phenoxy) is 2. The fraction of sp³-hybridized carbons (Fsp3) is 0.333. The van der Waals surface area contributed by atoms with E-state index >= 15 is 0 Å². The monoisotopic (exact) mass is 381 g/mol. The van der Waals surface area contributed by atoms with Gasteiger partial charge >= 0.3 is 0 Å². The molecule has 7 nitrogen and oxygen atoms in total. The first-order chi connectivity index (χ1) is 13.7. The number of rotatable bonds is 5. The van der Waals surface area contributed by atoms with E-state index in [1.807, 2.05) is 48.5 Å². The predicted octanol–water partition coefficient (Wildman–Crippen LogP) is 2.28. The molecule has 2 saturated heterocycles. The lowest BCUT2D eigenvalue weighted by Gasteiger charge is -2.29. The lowest BCUT2D eigenvalue weighted by atomic mass is 10.2. The third kappa shape index (κ3) is 3.66. The van der Waals surface area contributed by atoms with Crippen LogP contribution in [0.15, 0.2) is 48.5 Å². The Bertz CT molecular complexity index is 845. The summed E-state index contributed by atoms with van der Waals surface area (Å²) in [6.45, 7) is 3.11. The Hall–Kier alpha value is -3.06. The summed E-state index contributed by atoms with van der Waals surface area (Å²) in [7, 11) is 1.60. The SMILES string of the molecule is COc1ccc(N[C@H]2CC(=O)N(c3ccc(N4CCOCC4)cc3)C2=O)cc1. The van der Waals surface area contributed by atoms with Gasteiger partial charge in [-0.3, -0.25) is 9.59 Å². The molecule has 0 radical (unpaired) electrons. The van der Waals surface area contributed by atoms with Crippen LogP contribution in [0.2, 0.25) is 0 Å². The summed E-state index contributed by atoms with van der Waals surface area (Å²) >= 11 is 0. The zero-order valence-electron chi connectivity index (χ0n) is 15.8. The van der Waals surface area contributed by atoms with Crippen molar-refractivity contribution in [1.29, 1.82) is 0 Å². The van der Waals surface area contributed by atoms with Crippen molar-refractivity contribution in [2.45, 2.75) is 12.5 Å². The summed E-state index contributed by atoms with van der Waals surface area (Å²) in [6, 6.07) is 14.3. The van der Waals surface area contributed by atoms with Crippen molar-refractivity contribution in [1.82, 2.24) is 0 Å². The number of amides is 2. The number of morpholine rings is 1. The van der Waals surface area contributed by atoms with Gasteiger partial charge < -0.3 is 19.7 Å². The molecule has 146 valence electrons. The van der Waals surface area contributed by atoms with Gasteiger partial charge in [-0.1, -0.05) is 0 Å². The normalized spacial score (nSPS) is 19.8. The van der Waals surface area contributed by atoms with Crippen molar-refractivity contribution in [3.63, 3.8) is 0 Å². The third-order valence-electron chi connectivity index (χ3n) is 5.06. The number of carbonyl (C=O) groups excluding carboxylic acids is 2. The topological polar surface area (TPSA) is 71.1 Å². The van der Waals surface area contributed by atoms with Crippen molar-refractivity contribution in [3.8, 4) is 5.75 Å². The molecule has 7 heteroatoms. The van der Waals surface area contributed by atoms with Crippen LogP contribution >= 0.6 is 0 Å². The van der Waals surface area contributed by atoms with Crippen LogP contribution in [-0.2, 0) is 14.3 Å². The largest absolute Gasteiger partial charge is 0.497 e. The maximum Gasteiger partial charge on any atom is 0.256 e. The van der Waals surface area contributed by atoms with Crippen LogP contribution in [0.1, 0.15) is 6.42 Å². The molecule has 0 saturated carbocycles. The zero-order chi connectivity index (χ0) is 19.5. The smallest absolute Gasteiger partial charge is 0.256 e. The van der Waals surface area contributed by atoms with Gasteiger partial charge in [0.1, 0.15) is 11.8 Å². The Labute approximate surface area is 163 Å². The van der Waals surface area contributed by atoms with E-state index in [2.05, 4.69) is 10.2 Å². The maximum absolute atomic E-state index is 12.8. The molecule has 0 aromatic heterocycles. The summed E-state index contributed by atoms with van der Waals surface area (Å²) in [5.74, 6) is 0.302. The average molecular weight is 381 g/mol. The standard InChI is InChI=1S/C21H23N3O4/c1-27-18-8-2-15(3-9-18)22-19-14-20(25)24(21(19)26)17-6-4-16(5-7-17)23-10-12-28-13-11-23/h2-9,19,22H,10-14H2,1H3/t19-/m0/s1. The fourth-order valence-electron chi connectivity index (χ4n) is 3.54. The van der Waals surface area contributed by atoms with E-state index < -0.39 is 6.04 Å². The van der Waals surface area contributed by atoms with Gasteiger partial charge in [-0.2, -0.15) is 0 Å². The van der Waals surface area contributed by atoms with E-state index in [1.54, 1.807) is 7.11 Å². The van der Waals surface area contributed by atoms with Crippen molar-refractivity contribution in [2.24, 2.45) is 0 Å². The van der Waals surface area contributed by atoms with E-state index in [0.717, 1.165) is 30.2 Å². The zero-order valence-corrected chi connectivity index (χ0v) is 15.8. The molecular weight excluding hydrogens is 358 g/mol. The van der Waals surface area contributed by atoms with Gasteiger partial charge in [-0.05, 0) is 48.5 Å². The minimum absolute atomic E-state index is 0.135. The molecule has 1 atom stereocenters. The Balaban J connectivity index is 1.45. The highest BCUT2D eigenvalue weighted by Crippen LogP contribution is 2.28. The van der Waals surface area contributed by atoms with Gasteiger partial charge in [0, 0.05) is 24.5 Å². The molecule has 2 aromatic rings. The molecule has 0 bridgehead atoms. The summed E-state index contributed by atoms with van der Waals surface area (Å²) < 4.78 is 10.5. The molecule has 28 heavy (non-hydrogen) atoms. The summed E-state index contributed by atoms with van der Waals surface area (Å²) in [6.07, 6.45) is 0.135. The maximum atomic E-state index is 12.8. The Morgan fingerprint density at radius 1 is 0.964 bits per heavy atom. The van der Waals surface area contributed by atoms with E-state index in [-0.39, 0.29) is 18.2 Å². The second kappa shape index (κ2) is 7.90. The molecule has 1 N–H and O–H groups in total. The number of imide groups is 1. The lowest BCUT2D eigenvalue weighted by molar-refractivity contribution is -0.121.